The second kappa shape index (κ2) is 4.92. The fourth-order valence-corrected chi connectivity index (χ4v) is 1.26. The number of pyridine rings is 1. The van der Waals surface area contributed by atoms with Gasteiger partial charge in [0.15, 0.2) is 0 Å². The zero-order valence-corrected chi connectivity index (χ0v) is 8.50. The highest BCUT2D eigenvalue weighted by atomic mass is 32.1. The number of hydrogen-bond acceptors (Lipinski definition) is 2. The van der Waals surface area contributed by atoms with E-state index in [0.29, 0.717) is 12.3 Å². The van der Waals surface area contributed by atoms with E-state index < -0.39 is 0 Å². The van der Waals surface area contributed by atoms with Crippen molar-refractivity contribution in [3.63, 3.8) is 0 Å². The highest BCUT2D eigenvalue weighted by molar-refractivity contribution is 7.80. The van der Waals surface area contributed by atoms with Crippen LogP contribution >= 0.6 is 12.6 Å². The van der Waals surface area contributed by atoms with Gasteiger partial charge in [0.2, 0.25) is 0 Å². The number of aromatic nitrogens is 1. The van der Waals surface area contributed by atoms with E-state index >= 15 is 0 Å². The molecule has 0 aliphatic heterocycles. The molecule has 0 saturated carbocycles. The van der Waals surface area contributed by atoms with Crippen molar-refractivity contribution in [1.82, 2.24) is 4.57 Å². The van der Waals surface area contributed by atoms with Crippen LogP contribution in [0, 0.1) is 6.92 Å². The van der Waals surface area contributed by atoms with Crippen LogP contribution in [0.3, 0.4) is 0 Å². The molecule has 0 aromatic carbocycles. The number of rotatable bonds is 3. The molecule has 0 aliphatic rings. The molecule has 1 rings (SSSR count). The average molecular weight is 195 g/mol. The summed E-state index contributed by atoms with van der Waals surface area (Å²) in [6, 6.07) is 5.27. The van der Waals surface area contributed by atoms with Crippen LogP contribution in [0.15, 0.2) is 35.1 Å². The van der Waals surface area contributed by atoms with Crippen LogP contribution in [-0.4, -0.2) is 10.3 Å². The third-order valence-electron chi connectivity index (χ3n) is 1.83. The van der Waals surface area contributed by atoms with Gasteiger partial charge in [-0.05, 0) is 13.0 Å². The number of nitrogens with zero attached hydrogens (tertiary/aromatic N) is 1. The molecule has 0 saturated heterocycles. The highest BCUT2D eigenvalue weighted by Crippen LogP contribution is 1.93. The molecule has 0 spiro atoms. The highest BCUT2D eigenvalue weighted by Gasteiger charge is 1.94. The lowest BCUT2D eigenvalue weighted by Crippen LogP contribution is -2.19. The van der Waals surface area contributed by atoms with Crippen molar-refractivity contribution in [2.24, 2.45) is 0 Å². The van der Waals surface area contributed by atoms with E-state index in [1.165, 1.54) is 0 Å². The maximum atomic E-state index is 11.3. The van der Waals surface area contributed by atoms with Gasteiger partial charge in [-0.25, -0.2) is 0 Å². The Kier molecular flexibility index (Phi) is 3.83. The van der Waals surface area contributed by atoms with E-state index in [1.54, 1.807) is 16.7 Å². The molecule has 0 N–H and O–H groups in total. The summed E-state index contributed by atoms with van der Waals surface area (Å²) >= 11 is 4.04. The maximum absolute atomic E-state index is 11.3. The number of aryl methyl sites for hydroxylation is 1. The van der Waals surface area contributed by atoms with Gasteiger partial charge in [0.05, 0.1) is 0 Å². The van der Waals surface area contributed by atoms with Crippen molar-refractivity contribution in [3.8, 4) is 0 Å². The Balaban J connectivity index is 2.87. The molecule has 0 unspecified atom stereocenters. The van der Waals surface area contributed by atoms with Crippen LogP contribution in [0.25, 0.3) is 0 Å². The van der Waals surface area contributed by atoms with Gasteiger partial charge in [0, 0.05) is 24.1 Å². The quantitative estimate of drug-likeness (QED) is 0.575. The van der Waals surface area contributed by atoms with E-state index in [1.807, 2.05) is 25.1 Å². The summed E-state index contributed by atoms with van der Waals surface area (Å²) in [5, 5.41) is 0. The Hall–Kier alpha value is -0.960. The van der Waals surface area contributed by atoms with Gasteiger partial charge >= 0.3 is 0 Å². The smallest absolute Gasteiger partial charge is 0.250 e. The Bertz CT molecular complexity index is 354. The molecule has 0 aliphatic carbocycles. The number of allylic oxidation sites excluding steroid dienone is 1. The van der Waals surface area contributed by atoms with E-state index in [4.69, 9.17) is 0 Å². The van der Waals surface area contributed by atoms with Crippen LogP contribution in [0.4, 0.5) is 0 Å². The van der Waals surface area contributed by atoms with Crippen LogP contribution in [-0.2, 0) is 6.54 Å². The summed E-state index contributed by atoms with van der Waals surface area (Å²) in [6.07, 6.45) is 3.88. The minimum atomic E-state index is 0.0452. The summed E-state index contributed by atoms with van der Waals surface area (Å²) in [4.78, 5) is 11.3. The summed E-state index contributed by atoms with van der Waals surface area (Å²) in [6.45, 7) is 2.56. The third-order valence-corrected chi connectivity index (χ3v) is 2.04. The summed E-state index contributed by atoms with van der Waals surface area (Å²) in [7, 11) is 0. The Labute approximate surface area is 83.3 Å². The molecule has 1 heterocycles. The van der Waals surface area contributed by atoms with Crippen molar-refractivity contribution < 1.29 is 0 Å². The van der Waals surface area contributed by atoms with Crippen molar-refractivity contribution in [1.29, 1.82) is 0 Å². The largest absolute Gasteiger partial charge is 0.309 e. The van der Waals surface area contributed by atoms with Crippen LogP contribution < -0.4 is 5.56 Å². The van der Waals surface area contributed by atoms with Crippen molar-refractivity contribution in [2.75, 3.05) is 5.75 Å². The maximum Gasteiger partial charge on any atom is 0.250 e. The Morgan fingerprint density at radius 1 is 1.46 bits per heavy atom. The molecule has 0 atom stereocenters. The van der Waals surface area contributed by atoms with Crippen molar-refractivity contribution in [2.45, 2.75) is 13.5 Å². The lowest BCUT2D eigenvalue weighted by Gasteiger charge is -2.04. The normalized spacial score (nSPS) is 10.9. The van der Waals surface area contributed by atoms with Gasteiger partial charge < -0.3 is 4.57 Å². The fourth-order valence-electron chi connectivity index (χ4n) is 1.11. The van der Waals surface area contributed by atoms with E-state index in [9.17, 15) is 4.79 Å². The Morgan fingerprint density at radius 3 is 2.85 bits per heavy atom. The zero-order chi connectivity index (χ0) is 9.68. The van der Waals surface area contributed by atoms with Crippen molar-refractivity contribution in [3.05, 3.63) is 46.4 Å². The molecular formula is C10H13NOS. The molecular weight excluding hydrogens is 182 g/mol. The Morgan fingerprint density at radius 2 is 2.23 bits per heavy atom. The van der Waals surface area contributed by atoms with Crippen LogP contribution in [0.5, 0.6) is 0 Å². The van der Waals surface area contributed by atoms with Gasteiger partial charge in [0.25, 0.3) is 5.56 Å². The topological polar surface area (TPSA) is 22.0 Å². The minimum Gasteiger partial charge on any atom is -0.309 e. The predicted molar refractivity (Wildman–Crippen MR) is 58.4 cm³/mol. The first kappa shape index (κ1) is 10.1. The molecule has 0 amide bonds. The van der Waals surface area contributed by atoms with Gasteiger partial charge in [-0.1, -0.05) is 18.2 Å². The first-order valence-corrected chi connectivity index (χ1v) is 4.81. The summed E-state index contributed by atoms with van der Waals surface area (Å²) in [5.41, 5.74) is 1.03. The number of thiol groups is 1. The SMILES string of the molecule is Cc1cccc(=O)n1CC=CCS. The van der Waals surface area contributed by atoms with Crippen molar-refractivity contribution >= 4 is 12.6 Å². The molecule has 3 heteroatoms. The summed E-state index contributed by atoms with van der Waals surface area (Å²) < 4.78 is 1.72. The lowest BCUT2D eigenvalue weighted by molar-refractivity contribution is 0.746. The average Bonchev–Trinajstić information content (AvgIpc) is 2.10. The van der Waals surface area contributed by atoms with Gasteiger partial charge in [0.1, 0.15) is 0 Å². The van der Waals surface area contributed by atoms with Gasteiger partial charge in [-0.3, -0.25) is 4.79 Å². The first-order valence-electron chi connectivity index (χ1n) is 4.18. The molecule has 0 fully saturated rings. The predicted octanol–water partition coefficient (Wildman–Crippen LogP) is 1.64. The molecule has 1 aromatic rings. The van der Waals surface area contributed by atoms with Gasteiger partial charge in [-0.2, -0.15) is 12.6 Å². The molecule has 2 nitrogen and oxygen atoms in total. The third kappa shape index (κ3) is 2.77. The second-order valence-electron chi connectivity index (χ2n) is 2.77. The van der Waals surface area contributed by atoms with Crippen LogP contribution in [0.2, 0.25) is 0 Å². The van der Waals surface area contributed by atoms with E-state index in [-0.39, 0.29) is 5.56 Å². The second-order valence-corrected chi connectivity index (χ2v) is 3.14. The van der Waals surface area contributed by atoms with E-state index in [0.717, 1.165) is 5.69 Å². The van der Waals surface area contributed by atoms with Gasteiger partial charge in [-0.15, -0.1) is 0 Å². The molecule has 0 radical (unpaired) electrons. The minimum absolute atomic E-state index is 0.0452. The standard InChI is InChI=1S/C10H13NOS/c1-9-5-4-6-10(12)11(9)7-2-3-8-13/h2-6,13H,7-8H2,1H3. The molecule has 13 heavy (non-hydrogen) atoms. The summed E-state index contributed by atoms with van der Waals surface area (Å²) in [5.74, 6) is 0.709. The monoisotopic (exact) mass is 195 g/mol. The lowest BCUT2D eigenvalue weighted by atomic mass is 10.3. The first-order chi connectivity index (χ1) is 6.25. The van der Waals surface area contributed by atoms with Crippen LogP contribution in [0.1, 0.15) is 5.69 Å². The molecule has 1 aromatic heterocycles. The number of hydrogen-bond donors (Lipinski definition) is 1. The zero-order valence-electron chi connectivity index (χ0n) is 7.60. The fraction of sp³-hybridized carbons (Fsp3) is 0.300. The van der Waals surface area contributed by atoms with E-state index in [2.05, 4.69) is 12.6 Å². The molecule has 0 bridgehead atoms. The molecule has 70 valence electrons.